The van der Waals surface area contributed by atoms with Crippen molar-refractivity contribution >= 4 is 0 Å². The molecule has 78 valence electrons. The maximum Gasteiger partial charge on any atom is 0.0238 e. The molecular formula is C16H14. The van der Waals surface area contributed by atoms with E-state index in [2.05, 4.69) is 57.2 Å². The van der Waals surface area contributed by atoms with Gasteiger partial charge >= 0.3 is 0 Å². The van der Waals surface area contributed by atoms with Crippen molar-refractivity contribution in [1.29, 1.82) is 0 Å². The Hall–Kier alpha value is -1.74. The van der Waals surface area contributed by atoms with Crippen LogP contribution < -0.4 is 0 Å². The van der Waals surface area contributed by atoms with E-state index >= 15 is 0 Å². The van der Waals surface area contributed by atoms with E-state index in [1.807, 2.05) is 6.07 Å². The predicted octanol–water partition coefficient (Wildman–Crippen LogP) is 3.90. The SMILES string of the molecule is Cc1ccc2c(c1)C(C)(C)c1c#cccc1-2. The highest BCUT2D eigenvalue weighted by Gasteiger charge is 2.35. The van der Waals surface area contributed by atoms with Gasteiger partial charge in [-0.15, -0.1) is 0 Å². The van der Waals surface area contributed by atoms with Gasteiger partial charge in [0.25, 0.3) is 0 Å². The molecule has 2 aromatic rings. The molecule has 0 atom stereocenters. The van der Waals surface area contributed by atoms with Crippen LogP contribution in [0.2, 0.25) is 0 Å². The number of hydrogen-bond acceptors (Lipinski definition) is 0. The molecule has 0 saturated carbocycles. The Morgan fingerprint density at radius 1 is 1.06 bits per heavy atom. The van der Waals surface area contributed by atoms with Gasteiger partial charge < -0.3 is 0 Å². The Bertz CT molecular complexity index is 562. The largest absolute Gasteiger partial charge is 0.0699 e. The maximum atomic E-state index is 3.28. The summed E-state index contributed by atoms with van der Waals surface area (Å²) in [7, 11) is 0. The molecule has 0 aromatic heterocycles. The van der Waals surface area contributed by atoms with Gasteiger partial charge in [-0.05, 0) is 35.7 Å². The first-order valence-electron chi connectivity index (χ1n) is 5.65. The summed E-state index contributed by atoms with van der Waals surface area (Å²) in [5.74, 6) is 0. The maximum absolute atomic E-state index is 3.28. The first-order chi connectivity index (χ1) is 7.60. The fourth-order valence-corrected chi connectivity index (χ4v) is 2.65. The van der Waals surface area contributed by atoms with Crippen molar-refractivity contribution in [2.75, 3.05) is 0 Å². The predicted molar refractivity (Wildman–Crippen MR) is 66.4 cm³/mol. The summed E-state index contributed by atoms with van der Waals surface area (Å²) in [5.41, 5.74) is 6.75. The second-order valence-corrected chi connectivity index (χ2v) is 5.07. The van der Waals surface area contributed by atoms with Gasteiger partial charge in [-0.2, -0.15) is 0 Å². The fourth-order valence-electron chi connectivity index (χ4n) is 2.65. The molecule has 2 aromatic carbocycles. The molecule has 0 N–H and O–H groups in total. The van der Waals surface area contributed by atoms with Crippen LogP contribution >= 0.6 is 0 Å². The Kier molecular flexibility index (Phi) is 1.71. The summed E-state index contributed by atoms with van der Waals surface area (Å²) in [6, 6.07) is 17.2. The van der Waals surface area contributed by atoms with Crippen LogP contribution in [0.1, 0.15) is 30.5 Å². The summed E-state index contributed by atoms with van der Waals surface area (Å²) < 4.78 is 0. The number of rotatable bonds is 0. The third-order valence-electron chi connectivity index (χ3n) is 3.56. The van der Waals surface area contributed by atoms with Crippen molar-refractivity contribution in [3.05, 3.63) is 59.2 Å². The molecule has 3 rings (SSSR count). The number of aryl methyl sites for hydroxylation is 1. The summed E-state index contributed by atoms with van der Waals surface area (Å²) in [4.78, 5) is 0. The Morgan fingerprint density at radius 3 is 2.69 bits per heavy atom. The fraction of sp³-hybridized carbons (Fsp3) is 0.250. The highest BCUT2D eigenvalue weighted by atomic mass is 14.4. The molecule has 0 nitrogen and oxygen atoms in total. The van der Waals surface area contributed by atoms with Crippen molar-refractivity contribution in [2.24, 2.45) is 0 Å². The third kappa shape index (κ3) is 1.06. The molecule has 0 bridgehead atoms. The molecule has 0 radical (unpaired) electrons. The number of benzene rings is 1. The van der Waals surface area contributed by atoms with Crippen LogP contribution in [0.25, 0.3) is 11.1 Å². The van der Waals surface area contributed by atoms with Gasteiger partial charge in [0.05, 0.1) is 0 Å². The molecule has 16 heavy (non-hydrogen) atoms. The van der Waals surface area contributed by atoms with Gasteiger partial charge in [-0.1, -0.05) is 49.7 Å². The average Bonchev–Trinajstić information content (AvgIpc) is 2.49. The minimum Gasteiger partial charge on any atom is -0.0699 e. The number of fused-ring (bicyclic) bond motifs is 3. The zero-order chi connectivity index (χ0) is 11.3. The molecule has 0 unspecified atom stereocenters. The normalized spacial score (nSPS) is 15.2. The van der Waals surface area contributed by atoms with Crippen LogP contribution in [0.3, 0.4) is 0 Å². The van der Waals surface area contributed by atoms with Crippen molar-refractivity contribution < 1.29 is 0 Å². The minimum absolute atomic E-state index is 0.0639. The quantitative estimate of drug-likeness (QED) is 0.613. The highest BCUT2D eigenvalue weighted by molar-refractivity contribution is 5.80. The van der Waals surface area contributed by atoms with Gasteiger partial charge in [0.15, 0.2) is 0 Å². The smallest absolute Gasteiger partial charge is 0.0238 e. The molecule has 0 aliphatic heterocycles. The third-order valence-corrected chi connectivity index (χ3v) is 3.56. The molecule has 1 aliphatic rings. The molecule has 0 amide bonds. The zero-order valence-corrected chi connectivity index (χ0v) is 9.89. The molecule has 0 fully saturated rings. The van der Waals surface area contributed by atoms with Crippen LogP contribution in [0.4, 0.5) is 0 Å². The van der Waals surface area contributed by atoms with E-state index < -0.39 is 0 Å². The van der Waals surface area contributed by atoms with Crippen LogP contribution in [0.15, 0.2) is 30.3 Å². The van der Waals surface area contributed by atoms with Crippen molar-refractivity contribution in [2.45, 2.75) is 26.2 Å². The van der Waals surface area contributed by atoms with Crippen molar-refractivity contribution in [1.82, 2.24) is 0 Å². The second-order valence-electron chi connectivity index (χ2n) is 5.07. The molecule has 0 spiro atoms. The van der Waals surface area contributed by atoms with Crippen LogP contribution in [0.5, 0.6) is 0 Å². The van der Waals surface area contributed by atoms with E-state index in [1.165, 1.54) is 27.8 Å². The average molecular weight is 206 g/mol. The van der Waals surface area contributed by atoms with E-state index in [4.69, 9.17) is 0 Å². The lowest BCUT2D eigenvalue weighted by Crippen LogP contribution is -2.14. The summed E-state index contributed by atoms with van der Waals surface area (Å²) in [6.45, 7) is 6.68. The molecule has 0 heterocycles. The molecule has 1 aliphatic carbocycles. The zero-order valence-electron chi connectivity index (χ0n) is 9.89. The first kappa shape index (κ1) is 9.48. The summed E-state index contributed by atoms with van der Waals surface area (Å²) in [5, 5.41) is 0. The second kappa shape index (κ2) is 2.89. The first-order valence-corrected chi connectivity index (χ1v) is 5.65. The van der Waals surface area contributed by atoms with E-state index in [1.54, 1.807) is 0 Å². The van der Waals surface area contributed by atoms with Gasteiger partial charge in [-0.3, -0.25) is 0 Å². The lowest BCUT2D eigenvalue weighted by atomic mass is 9.82. The van der Waals surface area contributed by atoms with Gasteiger partial charge in [-0.25, -0.2) is 0 Å². The van der Waals surface area contributed by atoms with E-state index in [0.29, 0.717) is 0 Å². The molecular weight excluding hydrogens is 192 g/mol. The van der Waals surface area contributed by atoms with Gasteiger partial charge in [0.1, 0.15) is 0 Å². The van der Waals surface area contributed by atoms with E-state index in [9.17, 15) is 0 Å². The molecule has 0 heteroatoms. The Morgan fingerprint density at radius 2 is 1.88 bits per heavy atom. The monoisotopic (exact) mass is 206 g/mol. The van der Waals surface area contributed by atoms with Crippen LogP contribution in [-0.4, -0.2) is 0 Å². The van der Waals surface area contributed by atoms with Crippen LogP contribution in [0, 0.1) is 19.1 Å². The lowest BCUT2D eigenvalue weighted by Gasteiger charge is -2.19. The van der Waals surface area contributed by atoms with E-state index in [-0.39, 0.29) is 5.41 Å². The van der Waals surface area contributed by atoms with Crippen molar-refractivity contribution in [3.63, 3.8) is 0 Å². The van der Waals surface area contributed by atoms with Gasteiger partial charge in [0.2, 0.25) is 0 Å². The topological polar surface area (TPSA) is 0 Å². The Balaban J connectivity index is 2.39. The van der Waals surface area contributed by atoms with Gasteiger partial charge in [0, 0.05) is 11.0 Å². The number of hydrogen-bond donors (Lipinski definition) is 0. The molecule has 0 saturated heterocycles. The lowest BCUT2D eigenvalue weighted by molar-refractivity contribution is 0.660. The van der Waals surface area contributed by atoms with E-state index in [0.717, 1.165) is 0 Å². The minimum atomic E-state index is 0.0639. The van der Waals surface area contributed by atoms with Crippen molar-refractivity contribution in [3.8, 4) is 11.1 Å². The highest BCUT2D eigenvalue weighted by Crippen LogP contribution is 2.47. The van der Waals surface area contributed by atoms with Crippen LogP contribution in [-0.2, 0) is 5.41 Å². The summed E-state index contributed by atoms with van der Waals surface area (Å²) in [6.07, 6.45) is 0. The Labute approximate surface area is 96.9 Å². The summed E-state index contributed by atoms with van der Waals surface area (Å²) >= 11 is 0. The standard InChI is InChI=1S/C16H14/c1-11-8-9-13-12-6-4-5-7-14(12)16(2,3)15(13)10-11/h4,6,8-10H,1-3H3.